The van der Waals surface area contributed by atoms with Crippen LogP contribution in [0.2, 0.25) is 0 Å². The largest absolute Gasteiger partial charge is 0.485 e. The van der Waals surface area contributed by atoms with E-state index >= 15 is 0 Å². The Morgan fingerprint density at radius 1 is 1.36 bits per heavy atom. The Kier molecular flexibility index (Phi) is 4.17. The minimum atomic E-state index is 0.137. The van der Waals surface area contributed by atoms with E-state index in [0.29, 0.717) is 17.5 Å². The van der Waals surface area contributed by atoms with E-state index in [2.05, 4.69) is 20.8 Å². The Hall–Kier alpha value is -2.41. The Balaban J connectivity index is 1.29. The second-order valence-electron chi connectivity index (χ2n) is 6.90. The van der Waals surface area contributed by atoms with Crippen molar-refractivity contribution >= 4 is 11.6 Å². The SMILES string of the molecule is Cc1nc(COc2ccc(NC(=O)C3CC34CCNCC4)cc2)no1. The molecule has 1 aromatic carbocycles. The zero-order valence-electron chi connectivity index (χ0n) is 14.2. The number of aromatic nitrogens is 2. The van der Waals surface area contributed by atoms with Crippen LogP contribution < -0.4 is 15.4 Å². The maximum absolute atomic E-state index is 12.5. The van der Waals surface area contributed by atoms with Gasteiger partial charge in [0.25, 0.3) is 0 Å². The topological polar surface area (TPSA) is 89.3 Å². The Morgan fingerprint density at radius 2 is 2.12 bits per heavy atom. The van der Waals surface area contributed by atoms with E-state index in [4.69, 9.17) is 9.26 Å². The van der Waals surface area contributed by atoms with Crippen LogP contribution in [0.4, 0.5) is 5.69 Å². The van der Waals surface area contributed by atoms with E-state index in [1.54, 1.807) is 6.92 Å². The van der Waals surface area contributed by atoms with Gasteiger partial charge in [-0.2, -0.15) is 4.98 Å². The third-order valence-electron chi connectivity index (χ3n) is 5.16. The molecule has 0 bridgehead atoms. The van der Waals surface area contributed by atoms with Gasteiger partial charge in [-0.15, -0.1) is 0 Å². The molecular formula is C18H22N4O3. The number of hydrogen-bond acceptors (Lipinski definition) is 6. The molecule has 2 fully saturated rings. The van der Waals surface area contributed by atoms with Crippen molar-refractivity contribution in [1.29, 1.82) is 0 Å². The maximum Gasteiger partial charge on any atom is 0.228 e. The fourth-order valence-electron chi connectivity index (χ4n) is 3.61. The zero-order chi connectivity index (χ0) is 17.3. The number of amides is 1. The lowest BCUT2D eigenvalue weighted by atomic mass is 9.92. The fraction of sp³-hybridized carbons (Fsp3) is 0.500. The second-order valence-corrected chi connectivity index (χ2v) is 6.90. The first-order valence-corrected chi connectivity index (χ1v) is 8.68. The van der Waals surface area contributed by atoms with Crippen molar-refractivity contribution in [2.75, 3.05) is 18.4 Å². The van der Waals surface area contributed by atoms with Crippen LogP contribution in [-0.2, 0) is 11.4 Å². The molecule has 1 saturated heterocycles. The Labute approximate surface area is 146 Å². The summed E-state index contributed by atoms with van der Waals surface area (Å²) in [7, 11) is 0. The van der Waals surface area contributed by atoms with Crippen molar-refractivity contribution in [2.45, 2.75) is 32.8 Å². The van der Waals surface area contributed by atoms with Crippen molar-refractivity contribution in [1.82, 2.24) is 15.5 Å². The summed E-state index contributed by atoms with van der Waals surface area (Å²) in [5.74, 6) is 2.02. The number of carbonyl (C=O) groups excluding carboxylic acids is 1. The first-order chi connectivity index (χ1) is 12.1. The molecule has 25 heavy (non-hydrogen) atoms. The van der Waals surface area contributed by atoms with Gasteiger partial charge in [-0.1, -0.05) is 5.16 Å². The van der Waals surface area contributed by atoms with Crippen molar-refractivity contribution in [2.24, 2.45) is 11.3 Å². The van der Waals surface area contributed by atoms with Crippen LogP contribution in [0.3, 0.4) is 0 Å². The summed E-state index contributed by atoms with van der Waals surface area (Å²) < 4.78 is 10.5. The molecule has 7 heteroatoms. The van der Waals surface area contributed by atoms with Crippen LogP contribution >= 0.6 is 0 Å². The highest BCUT2D eigenvalue weighted by molar-refractivity contribution is 5.95. The standard InChI is InChI=1S/C18H22N4O3/c1-12-20-16(22-25-12)11-24-14-4-2-13(3-5-14)21-17(23)15-10-18(15)6-8-19-9-7-18/h2-5,15,19H,6-11H2,1H3,(H,21,23). The fourth-order valence-corrected chi connectivity index (χ4v) is 3.61. The first-order valence-electron chi connectivity index (χ1n) is 8.68. The van der Waals surface area contributed by atoms with Gasteiger partial charge in [0.1, 0.15) is 5.75 Å². The first kappa shape index (κ1) is 16.1. The number of benzene rings is 1. The average Bonchev–Trinajstić information content (AvgIpc) is 3.14. The number of ether oxygens (including phenoxy) is 1. The van der Waals surface area contributed by atoms with E-state index in [-0.39, 0.29) is 23.8 Å². The number of nitrogens with one attached hydrogen (secondary N) is 2. The number of anilines is 1. The van der Waals surface area contributed by atoms with E-state index < -0.39 is 0 Å². The molecule has 1 aliphatic heterocycles. The van der Waals surface area contributed by atoms with E-state index in [1.807, 2.05) is 24.3 Å². The van der Waals surface area contributed by atoms with Gasteiger partial charge < -0.3 is 19.9 Å². The van der Waals surface area contributed by atoms with Crippen LogP contribution in [0.5, 0.6) is 5.75 Å². The van der Waals surface area contributed by atoms with Crippen LogP contribution in [0, 0.1) is 18.3 Å². The summed E-state index contributed by atoms with van der Waals surface area (Å²) in [5.41, 5.74) is 1.05. The molecule has 2 N–H and O–H groups in total. The van der Waals surface area contributed by atoms with E-state index in [0.717, 1.165) is 38.0 Å². The molecule has 1 atom stereocenters. The van der Waals surface area contributed by atoms with Crippen molar-refractivity contribution in [3.63, 3.8) is 0 Å². The highest BCUT2D eigenvalue weighted by Gasteiger charge is 2.57. The molecule has 1 unspecified atom stereocenters. The maximum atomic E-state index is 12.5. The minimum absolute atomic E-state index is 0.137. The Bertz CT molecular complexity index is 750. The average molecular weight is 342 g/mol. The molecule has 2 heterocycles. The lowest BCUT2D eigenvalue weighted by Crippen LogP contribution is -2.31. The molecule has 7 nitrogen and oxygen atoms in total. The van der Waals surface area contributed by atoms with Crippen LogP contribution in [0.1, 0.15) is 31.0 Å². The summed E-state index contributed by atoms with van der Waals surface area (Å²) in [5, 5.41) is 10.2. The normalized spacial score (nSPS) is 21.1. The van der Waals surface area contributed by atoms with E-state index in [9.17, 15) is 4.79 Å². The van der Waals surface area contributed by atoms with Gasteiger partial charge in [-0.05, 0) is 62.0 Å². The number of aryl methyl sites for hydroxylation is 1. The summed E-state index contributed by atoms with van der Waals surface area (Å²) in [6.45, 7) is 4.04. The molecule has 1 amide bonds. The number of hydrogen-bond donors (Lipinski definition) is 2. The highest BCUT2D eigenvalue weighted by Crippen LogP contribution is 2.58. The molecule has 1 spiro atoms. The van der Waals surface area contributed by atoms with Crippen LogP contribution in [-0.4, -0.2) is 29.1 Å². The molecule has 2 aromatic rings. The van der Waals surface area contributed by atoms with Gasteiger partial charge in [0, 0.05) is 18.5 Å². The third kappa shape index (κ3) is 3.51. The molecule has 2 aliphatic rings. The summed E-state index contributed by atoms with van der Waals surface area (Å²) in [6, 6.07) is 7.36. The zero-order valence-corrected chi connectivity index (χ0v) is 14.2. The van der Waals surface area contributed by atoms with Gasteiger partial charge in [0.05, 0.1) is 0 Å². The van der Waals surface area contributed by atoms with Gasteiger partial charge in [0.2, 0.25) is 17.6 Å². The van der Waals surface area contributed by atoms with Crippen LogP contribution in [0.25, 0.3) is 0 Å². The number of nitrogens with zero attached hydrogens (tertiary/aromatic N) is 2. The van der Waals surface area contributed by atoms with Gasteiger partial charge in [0.15, 0.2) is 6.61 Å². The molecule has 0 radical (unpaired) electrons. The van der Waals surface area contributed by atoms with E-state index in [1.165, 1.54) is 0 Å². The number of piperidine rings is 1. The third-order valence-corrected chi connectivity index (χ3v) is 5.16. The quantitative estimate of drug-likeness (QED) is 0.866. The summed E-state index contributed by atoms with van der Waals surface area (Å²) in [4.78, 5) is 16.5. The predicted molar refractivity (Wildman–Crippen MR) is 91.1 cm³/mol. The molecule has 132 valence electrons. The molecule has 1 aliphatic carbocycles. The summed E-state index contributed by atoms with van der Waals surface area (Å²) in [6.07, 6.45) is 3.23. The highest BCUT2D eigenvalue weighted by atomic mass is 16.5. The molecular weight excluding hydrogens is 320 g/mol. The minimum Gasteiger partial charge on any atom is -0.485 e. The van der Waals surface area contributed by atoms with Crippen molar-refractivity contribution < 1.29 is 14.1 Å². The molecule has 1 saturated carbocycles. The lowest BCUT2D eigenvalue weighted by Gasteiger charge is -2.23. The number of rotatable bonds is 5. The lowest BCUT2D eigenvalue weighted by molar-refractivity contribution is -0.118. The van der Waals surface area contributed by atoms with Gasteiger partial charge in [-0.25, -0.2) is 0 Å². The molecule has 4 rings (SSSR count). The monoisotopic (exact) mass is 342 g/mol. The predicted octanol–water partition coefficient (Wildman–Crippen LogP) is 2.29. The summed E-state index contributed by atoms with van der Waals surface area (Å²) >= 11 is 0. The smallest absolute Gasteiger partial charge is 0.228 e. The molecule has 1 aromatic heterocycles. The van der Waals surface area contributed by atoms with Gasteiger partial charge in [-0.3, -0.25) is 4.79 Å². The second kappa shape index (κ2) is 6.48. The van der Waals surface area contributed by atoms with Crippen molar-refractivity contribution in [3.05, 3.63) is 36.0 Å². The number of carbonyl (C=O) groups is 1. The van der Waals surface area contributed by atoms with Crippen LogP contribution in [0.15, 0.2) is 28.8 Å². The van der Waals surface area contributed by atoms with Crippen molar-refractivity contribution in [3.8, 4) is 5.75 Å². The van der Waals surface area contributed by atoms with Gasteiger partial charge >= 0.3 is 0 Å². The Morgan fingerprint density at radius 3 is 2.80 bits per heavy atom.